The molecule has 0 aliphatic rings. The quantitative estimate of drug-likeness (QED) is 0.688. The summed E-state index contributed by atoms with van der Waals surface area (Å²) in [5.41, 5.74) is 0.515. The van der Waals surface area contributed by atoms with Gasteiger partial charge in [0.1, 0.15) is 6.10 Å². The summed E-state index contributed by atoms with van der Waals surface area (Å²) >= 11 is 6.30. The molecule has 0 fully saturated rings. The Hall–Kier alpha value is -0.190. The lowest BCUT2D eigenvalue weighted by Crippen LogP contribution is -2.21. The molecule has 13 heavy (non-hydrogen) atoms. The zero-order chi connectivity index (χ0) is 9.84. The van der Waals surface area contributed by atoms with Gasteiger partial charge in [-0.3, -0.25) is 4.79 Å². The summed E-state index contributed by atoms with van der Waals surface area (Å²) in [5, 5.41) is 9.52. The van der Waals surface area contributed by atoms with Crippen LogP contribution in [-0.2, 0) is 0 Å². The van der Waals surface area contributed by atoms with E-state index in [0.29, 0.717) is 5.56 Å². The average molecular weight is 308 g/mol. The van der Waals surface area contributed by atoms with Crippen molar-refractivity contribution >= 4 is 37.6 Å². The van der Waals surface area contributed by atoms with E-state index in [2.05, 4.69) is 31.9 Å². The minimum absolute atomic E-state index is 0.262. The number of hydrogen-bond acceptors (Lipinski definition) is 2. The first-order valence-corrected chi connectivity index (χ1v) is 5.60. The van der Waals surface area contributed by atoms with Crippen LogP contribution in [0.5, 0.6) is 0 Å². The lowest BCUT2D eigenvalue weighted by atomic mass is 10.1. The monoisotopic (exact) mass is 306 g/mol. The highest BCUT2D eigenvalue weighted by Gasteiger charge is 2.15. The normalized spacial score (nSPS) is 12.5. The molecule has 0 saturated heterocycles. The summed E-state index contributed by atoms with van der Waals surface area (Å²) in [6, 6.07) is 6.96. The van der Waals surface area contributed by atoms with Crippen molar-refractivity contribution in [3.05, 3.63) is 34.3 Å². The topological polar surface area (TPSA) is 37.3 Å². The van der Waals surface area contributed by atoms with E-state index in [-0.39, 0.29) is 11.1 Å². The number of aliphatic hydroxyl groups is 1. The Morgan fingerprint density at radius 1 is 1.54 bits per heavy atom. The van der Waals surface area contributed by atoms with E-state index in [1.165, 1.54) is 0 Å². The van der Waals surface area contributed by atoms with Gasteiger partial charge in [0, 0.05) is 15.4 Å². The van der Waals surface area contributed by atoms with Crippen LogP contribution in [0.15, 0.2) is 28.7 Å². The number of benzene rings is 1. The molecule has 1 atom stereocenters. The first-order valence-electron chi connectivity index (χ1n) is 3.69. The smallest absolute Gasteiger partial charge is 0.192 e. The van der Waals surface area contributed by atoms with Crippen LogP contribution in [-0.4, -0.2) is 22.3 Å². The summed E-state index contributed by atoms with van der Waals surface area (Å²) in [7, 11) is 0. The number of hydrogen-bond donors (Lipinski definition) is 1. The second kappa shape index (κ2) is 4.88. The third kappa shape index (κ3) is 2.90. The van der Waals surface area contributed by atoms with E-state index >= 15 is 0 Å². The predicted molar refractivity (Wildman–Crippen MR) is 58.3 cm³/mol. The second-order valence-electron chi connectivity index (χ2n) is 2.54. The Morgan fingerprint density at radius 2 is 2.23 bits per heavy atom. The van der Waals surface area contributed by atoms with Crippen LogP contribution in [0.3, 0.4) is 0 Å². The molecule has 2 nitrogen and oxygen atoms in total. The van der Waals surface area contributed by atoms with Gasteiger partial charge in [-0.2, -0.15) is 0 Å². The molecule has 1 rings (SSSR count). The lowest BCUT2D eigenvalue weighted by molar-refractivity contribution is 0.0789. The van der Waals surface area contributed by atoms with E-state index < -0.39 is 6.10 Å². The largest absolute Gasteiger partial charge is 0.384 e. The molecular formula is C9H8Br2O2. The fraction of sp³-hybridized carbons (Fsp3) is 0.222. The third-order valence-corrected chi connectivity index (χ3v) is 2.66. The van der Waals surface area contributed by atoms with Gasteiger partial charge >= 0.3 is 0 Å². The van der Waals surface area contributed by atoms with Gasteiger partial charge in [-0.1, -0.05) is 44.0 Å². The number of rotatable bonds is 3. The van der Waals surface area contributed by atoms with Gasteiger partial charge in [-0.15, -0.1) is 0 Å². The molecule has 1 N–H and O–H groups in total. The Labute approximate surface area is 93.2 Å². The second-order valence-corrected chi connectivity index (χ2v) is 4.11. The fourth-order valence-corrected chi connectivity index (χ4v) is 1.60. The summed E-state index contributed by atoms with van der Waals surface area (Å²) in [4.78, 5) is 11.4. The van der Waals surface area contributed by atoms with Gasteiger partial charge in [-0.05, 0) is 12.1 Å². The molecule has 0 saturated carbocycles. The Balaban J connectivity index is 2.89. The van der Waals surface area contributed by atoms with Crippen LogP contribution in [0, 0.1) is 0 Å². The molecule has 1 aromatic rings. The van der Waals surface area contributed by atoms with Crippen LogP contribution in [0.1, 0.15) is 10.4 Å². The highest BCUT2D eigenvalue weighted by molar-refractivity contribution is 9.10. The molecule has 1 unspecified atom stereocenters. The van der Waals surface area contributed by atoms with E-state index in [9.17, 15) is 9.90 Å². The molecule has 4 heteroatoms. The van der Waals surface area contributed by atoms with Crippen LogP contribution in [0.2, 0.25) is 0 Å². The van der Waals surface area contributed by atoms with E-state index in [1.54, 1.807) is 18.2 Å². The zero-order valence-electron chi connectivity index (χ0n) is 6.71. The molecule has 0 aromatic heterocycles. The van der Waals surface area contributed by atoms with Crippen molar-refractivity contribution < 1.29 is 9.90 Å². The summed E-state index contributed by atoms with van der Waals surface area (Å²) in [5.74, 6) is -0.266. The predicted octanol–water partition coefficient (Wildman–Crippen LogP) is 2.39. The molecule has 0 spiro atoms. The Morgan fingerprint density at radius 3 is 2.77 bits per heavy atom. The van der Waals surface area contributed by atoms with Crippen molar-refractivity contribution in [2.75, 3.05) is 5.33 Å². The Bertz CT molecular complexity index is 312. The molecular weight excluding hydrogens is 300 g/mol. The highest BCUT2D eigenvalue weighted by Crippen LogP contribution is 2.13. The van der Waals surface area contributed by atoms with Gasteiger partial charge < -0.3 is 5.11 Å². The summed E-state index contributed by atoms with van der Waals surface area (Å²) in [6.07, 6.45) is -0.964. The van der Waals surface area contributed by atoms with E-state index in [0.717, 1.165) is 4.47 Å². The summed E-state index contributed by atoms with van der Waals surface area (Å²) < 4.78 is 0.833. The molecule has 0 bridgehead atoms. The maximum atomic E-state index is 11.4. The van der Waals surface area contributed by atoms with Gasteiger partial charge in [0.25, 0.3) is 0 Å². The van der Waals surface area contributed by atoms with Crippen molar-refractivity contribution in [3.8, 4) is 0 Å². The van der Waals surface area contributed by atoms with Gasteiger partial charge in [-0.25, -0.2) is 0 Å². The van der Waals surface area contributed by atoms with Crippen LogP contribution in [0.4, 0.5) is 0 Å². The maximum Gasteiger partial charge on any atom is 0.192 e. The maximum absolute atomic E-state index is 11.4. The number of carbonyl (C=O) groups excluding carboxylic acids is 1. The van der Waals surface area contributed by atoms with Gasteiger partial charge in [0.2, 0.25) is 0 Å². The van der Waals surface area contributed by atoms with E-state index in [4.69, 9.17) is 0 Å². The number of ketones is 1. The lowest BCUT2D eigenvalue weighted by Gasteiger charge is -2.05. The first-order chi connectivity index (χ1) is 6.15. The van der Waals surface area contributed by atoms with Gasteiger partial charge in [0.15, 0.2) is 5.78 Å². The zero-order valence-corrected chi connectivity index (χ0v) is 9.88. The highest BCUT2D eigenvalue weighted by atomic mass is 79.9. The minimum Gasteiger partial charge on any atom is -0.384 e. The fourth-order valence-electron chi connectivity index (χ4n) is 0.904. The van der Waals surface area contributed by atoms with Crippen LogP contribution >= 0.6 is 31.9 Å². The minimum atomic E-state index is -0.964. The SMILES string of the molecule is O=C(c1cccc(Br)c1)C(O)CBr. The van der Waals surface area contributed by atoms with Gasteiger partial charge in [0.05, 0.1) is 0 Å². The van der Waals surface area contributed by atoms with Crippen LogP contribution < -0.4 is 0 Å². The molecule has 0 aliphatic carbocycles. The van der Waals surface area contributed by atoms with Crippen molar-refractivity contribution in [1.82, 2.24) is 0 Å². The summed E-state index contributed by atoms with van der Waals surface area (Å²) in [6.45, 7) is 0. The average Bonchev–Trinajstić information content (AvgIpc) is 2.15. The van der Waals surface area contributed by atoms with Crippen molar-refractivity contribution in [2.45, 2.75) is 6.10 Å². The van der Waals surface area contributed by atoms with Crippen molar-refractivity contribution in [2.24, 2.45) is 0 Å². The number of aliphatic hydroxyl groups excluding tert-OH is 1. The molecule has 70 valence electrons. The number of alkyl halides is 1. The van der Waals surface area contributed by atoms with Crippen LogP contribution in [0.25, 0.3) is 0 Å². The van der Waals surface area contributed by atoms with E-state index in [1.807, 2.05) is 6.07 Å². The number of carbonyl (C=O) groups is 1. The molecule has 0 radical (unpaired) electrons. The first kappa shape index (κ1) is 10.9. The molecule has 0 amide bonds. The number of Topliss-reactive ketones (excluding diaryl/α,β-unsaturated/α-hetero) is 1. The standard InChI is InChI=1S/C9H8Br2O2/c10-5-8(12)9(13)6-2-1-3-7(11)4-6/h1-4,8,12H,5H2. The number of halogens is 2. The molecule has 0 heterocycles. The van der Waals surface area contributed by atoms with Crippen molar-refractivity contribution in [1.29, 1.82) is 0 Å². The molecule has 1 aromatic carbocycles. The Kier molecular flexibility index (Phi) is 4.09. The molecule has 0 aliphatic heterocycles. The third-order valence-electron chi connectivity index (χ3n) is 1.56. The van der Waals surface area contributed by atoms with Crippen molar-refractivity contribution in [3.63, 3.8) is 0 Å².